The van der Waals surface area contributed by atoms with E-state index in [4.69, 9.17) is 9.47 Å². The fourth-order valence-electron chi connectivity index (χ4n) is 3.40. The summed E-state index contributed by atoms with van der Waals surface area (Å²) in [5, 5.41) is 13.5. The van der Waals surface area contributed by atoms with E-state index in [1.165, 1.54) is 14.0 Å². The van der Waals surface area contributed by atoms with Crippen LogP contribution in [0.15, 0.2) is 24.3 Å². The Kier molecular flexibility index (Phi) is 7.08. The third kappa shape index (κ3) is 5.51. The van der Waals surface area contributed by atoms with Crippen molar-refractivity contribution in [2.24, 2.45) is 17.8 Å². The number of methoxy groups -OCH3 is 1. The van der Waals surface area contributed by atoms with Gasteiger partial charge in [0.25, 0.3) is 5.91 Å². The van der Waals surface area contributed by atoms with E-state index < -0.39 is 34.7 Å². The Hall–Kier alpha value is -2.97. The zero-order valence-corrected chi connectivity index (χ0v) is 16.0. The predicted molar refractivity (Wildman–Crippen MR) is 99.4 cm³/mol. The Balaban J connectivity index is 1.90. The fourth-order valence-corrected chi connectivity index (χ4v) is 3.40. The Labute approximate surface area is 162 Å². The van der Waals surface area contributed by atoms with Gasteiger partial charge in [0.2, 0.25) is 6.54 Å². The average molecular weight is 392 g/mol. The highest BCUT2D eigenvalue weighted by atomic mass is 16.6. The van der Waals surface area contributed by atoms with E-state index in [1.54, 1.807) is 31.2 Å². The molecule has 0 saturated heterocycles. The number of ether oxygens (including phenoxy) is 2. The lowest BCUT2D eigenvalue weighted by atomic mass is 9.88. The summed E-state index contributed by atoms with van der Waals surface area (Å²) in [4.78, 5) is 46.9. The molecule has 1 amide bonds. The predicted octanol–water partition coefficient (Wildman–Crippen LogP) is 2.07. The standard InChI is InChI=1S/C19H24N2O7/c1-11-8-17(22)15(16(11)10-21(25)26)9-18(23)28-12(2)19(24)20-13-4-6-14(27-3)7-5-13/h4-7,11-12,15-16H,8-10H2,1-3H3,(H,20,24)/t11-,12-,15+,16+/m0/s1. The number of carbonyl (C=O) groups excluding carboxylic acids is 3. The Morgan fingerprint density at radius 3 is 2.54 bits per heavy atom. The topological polar surface area (TPSA) is 125 Å². The molecule has 1 aliphatic carbocycles. The third-order valence-corrected chi connectivity index (χ3v) is 4.97. The van der Waals surface area contributed by atoms with Crippen molar-refractivity contribution in [1.29, 1.82) is 0 Å². The molecule has 9 heteroatoms. The van der Waals surface area contributed by atoms with Crippen molar-refractivity contribution in [3.8, 4) is 5.75 Å². The van der Waals surface area contributed by atoms with E-state index >= 15 is 0 Å². The highest BCUT2D eigenvalue weighted by molar-refractivity contribution is 5.95. The van der Waals surface area contributed by atoms with Gasteiger partial charge < -0.3 is 14.8 Å². The van der Waals surface area contributed by atoms with Crippen molar-refractivity contribution in [1.82, 2.24) is 0 Å². The second kappa shape index (κ2) is 9.29. The van der Waals surface area contributed by atoms with Gasteiger partial charge in [-0.25, -0.2) is 0 Å². The summed E-state index contributed by atoms with van der Waals surface area (Å²) in [5.74, 6) is -2.19. The van der Waals surface area contributed by atoms with E-state index in [9.17, 15) is 24.5 Å². The van der Waals surface area contributed by atoms with E-state index in [0.29, 0.717) is 11.4 Å². The summed E-state index contributed by atoms with van der Waals surface area (Å²) >= 11 is 0. The van der Waals surface area contributed by atoms with Crippen LogP contribution in [0.5, 0.6) is 5.75 Å². The van der Waals surface area contributed by atoms with Crippen LogP contribution in [0.4, 0.5) is 5.69 Å². The molecule has 152 valence electrons. The third-order valence-electron chi connectivity index (χ3n) is 4.97. The smallest absolute Gasteiger partial charge is 0.307 e. The minimum absolute atomic E-state index is 0.161. The van der Waals surface area contributed by atoms with Crippen LogP contribution in [-0.2, 0) is 19.1 Å². The quantitative estimate of drug-likeness (QED) is 0.408. The molecule has 1 fully saturated rings. The summed E-state index contributed by atoms with van der Waals surface area (Å²) < 4.78 is 10.2. The van der Waals surface area contributed by atoms with Gasteiger partial charge in [-0.15, -0.1) is 0 Å². The molecule has 9 nitrogen and oxygen atoms in total. The van der Waals surface area contributed by atoms with Gasteiger partial charge in [0.05, 0.1) is 13.5 Å². The second-order valence-corrected chi connectivity index (χ2v) is 6.99. The molecule has 0 aliphatic heterocycles. The van der Waals surface area contributed by atoms with Gasteiger partial charge in [-0.2, -0.15) is 0 Å². The van der Waals surface area contributed by atoms with Crippen molar-refractivity contribution >= 4 is 23.3 Å². The van der Waals surface area contributed by atoms with Gasteiger partial charge in [-0.3, -0.25) is 24.5 Å². The normalized spacial score (nSPS) is 22.4. The Morgan fingerprint density at radius 1 is 1.32 bits per heavy atom. The Bertz CT molecular complexity index is 747. The molecule has 0 unspecified atom stereocenters. The number of nitrogens with zero attached hydrogens (tertiary/aromatic N) is 1. The molecule has 1 N–H and O–H groups in total. The first-order valence-corrected chi connectivity index (χ1v) is 9.00. The highest BCUT2D eigenvalue weighted by Gasteiger charge is 2.44. The number of nitro groups is 1. The number of benzene rings is 1. The Morgan fingerprint density at radius 2 is 1.96 bits per heavy atom. The molecule has 0 spiro atoms. The van der Waals surface area contributed by atoms with Crippen LogP contribution in [0.3, 0.4) is 0 Å². The lowest BCUT2D eigenvalue weighted by molar-refractivity contribution is -0.490. The molecule has 1 aromatic carbocycles. The molecule has 1 aromatic rings. The summed E-state index contributed by atoms with van der Waals surface area (Å²) in [6.07, 6.45) is -1.12. The number of esters is 1. The van der Waals surface area contributed by atoms with Crippen molar-refractivity contribution in [2.45, 2.75) is 32.8 Å². The van der Waals surface area contributed by atoms with Crippen LogP contribution in [0, 0.1) is 27.9 Å². The molecular weight excluding hydrogens is 368 g/mol. The minimum atomic E-state index is -1.07. The number of rotatable bonds is 8. The SMILES string of the molecule is COc1ccc(NC(=O)[C@H](C)OC(=O)C[C@H]2C(=O)C[C@H](C)[C@H]2C[N+](=O)[O-])cc1. The van der Waals surface area contributed by atoms with E-state index in [0.717, 1.165) is 0 Å². The largest absolute Gasteiger partial charge is 0.497 e. The van der Waals surface area contributed by atoms with Crippen LogP contribution >= 0.6 is 0 Å². The first kappa shape index (κ1) is 21.3. The molecule has 1 saturated carbocycles. The first-order valence-electron chi connectivity index (χ1n) is 9.00. The summed E-state index contributed by atoms with van der Waals surface area (Å²) in [5.41, 5.74) is 0.513. The number of ketones is 1. The van der Waals surface area contributed by atoms with E-state index in [1.807, 2.05) is 0 Å². The number of amides is 1. The van der Waals surface area contributed by atoms with Gasteiger partial charge >= 0.3 is 5.97 Å². The molecule has 0 bridgehead atoms. The number of carbonyl (C=O) groups is 3. The zero-order chi connectivity index (χ0) is 20.8. The number of anilines is 1. The van der Waals surface area contributed by atoms with Crippen molar-refractivity contribution in [3.63, 3.8) is 0 Å². The van der Waals surface area contributed by atoms with Crippen LogP contribution in [0.25, 0.3) is 0 Å². The van der Waals surface area contributed by atoms with Gasteiger partial charge in [0, 0.05) is 28.9 Å². The van der Waals surface area contributed by atoms with Crippen molar-refractivity contribution in [2.75, 3.05) is 19.0 Å². The number of Topliss-reactive ketones (excluding diaryl/α,β-unsaturated/α-hetero) is 1. The van der Waals surface area contributed by atoms with E-state index in [-0.39, 0.29) is 31.1 Å². The van der Waals surface area contributed by atoms with Gasteiger partial charge in [0.15, 0.2) is 6.10 Å². The van der Waals surface area contributed by atoms with Crippen LogP contribution in [-0.4, -0.2) is 42.3 Å². The minimum Gasteiger partial charge on any atom is -0.497 e. The maximum atomic E-state index is 12.2. The molecular formula is C19H24N2O7. The molecule has 1 aliphatic rings. The second-order valence-electron chi connectivity index (χ2n) is 6.99. The van der Waals surface area contributed by atoms with Crippen molar-refractivity contribution < 1.29 is 28.8 Å². The van der Waals surface area contributed by atoms with Crippen LogP contribution < -0.4 is 10.1 Å². The fraction of sp³-hybridized carbons (Fsp3) is 0.526. The maximum absolute atomic E-state index is 12.2. The number of hydrogen-bond acceptors (Lipinski definition) is 7. The molecule has 0 radical (unpaired) electrons. The number of hydrogen-bond donors (Lipinski definition) is 1. The molecule has 0 heterocycles. The number of nitrogens with one attached hydrogen (secondary N) is 1. The van der Waals surface area contributed by atoms with E-state index in [2.05, 4.69) is 5.32 Å². The molecule has 2 rings (SSSR count). The summed E-state index contributed by atoms with van der Waals surface area (Å²) in [6.45, 7) is 2.82. The first-order chi connectivity index (χ1) is 13.2. The van der Waals surface area contributed by atoms with Gasteiger partial charge in [-0.05, 0) is 37.1 Å². The van der Waals surface area contributed by atoms with Gasteiger partial charge in [-0.1, -0.05) is 6.92 Å². The zero-order valence-electron chi connectivity index (χ0n) is 16.0. The van der Waals surface area contributed by atoms with Crippen molar-refractivity contribution in [3.05, 3.63) is 34.4 Å². The van der Waals surface area contributed by atoms with Crippen LogP contribution in [0.2, 0.25) is 0 Å². The van der Waals surface area contributed by atoms with Gasteiger partial charge in [0.1, 0.15) is 11.5 Å². The monoisotopic (exact) mass is 392 g/mol. The molecule has 0 aromatic heterocycles. The highest BCUT2D eigenvalue weighted by Crippen LogP contribution is 2.36. The average Bonchev–Trinajstić information content (AvgIpc) is 2.88. The molecule has 4 atom stereocenters. The van der Waals surface area contributed by atoms with Crippen LogP contribution in [0.1, 0.15) is 26.7 Å². The lowest BCUT2D eigenvalue weighted by Gasteiger charge is -2.18. The molecule has 28 heavy (non-hydrogen) atoms. The summed E-state index contributed by atoms with van der Waals surface area (Å²) in [7, 11) is 1.53. The maximum Gasteiger partial charge on any atom is 0.307 e. The lowest BCUT2D eigenvalue weighted by Crippen LogP contribution is -2.32. The summed E-state index contributed by atoms with van der Waals surface area (Å²) in [6, 6.07) is 6.64.